The van der Waals surface area contributed by atoms with Gasteiger partial charge in [-0.1, -0.05) is 32.3 Å². The van der Waals surface area contributed by atoms with E-state index in [0.29, 0.717) is 6.61 Å². The van der Waals surface area contributed by atoms with Gasteiger partial charge in [0, 0.05) is 0 Å². The molecule has 1 aromatic heterocycles. The molecule has 26 heavy (non-hydrogen) atoms. The van der Waals surface area contributed by atoms with E-state index in [9.17, 15) is 14.7 Å². The predicted octanol–water partition coefficient (Wildman–Crippen LogP) is 3.40. The van der Waals surface area contributed by atoms with Gasteiger partial charge in [0.25, 0.3) is 0 Å². The zero-order valence-electron chi connectivity index (χ0n) is 15.1. The molecule has 0 amide bonds. The van der Waals surface area contributed by atoms with Crippen molar-refractivity contribution in [3.05, 3.63) is 28.6 Å². The van der Waals surface area contributed by atoms with E-state index in [2.05, 4.69) is 6.92 Å². The number of benzene rings is 1. The molecule has 7 nitrogen and oxygen atoms in total. The Morgan fingerprint density at radius 3 is 2.69 bits per heavy atom. The first kappa shape index (κ1) is 19.6. The van der Waals surface area contributed by atoms with Gasteiger partial charge in [0.1, 0.15) is 16.7 Å². The molecule has 1 aromatic carbocycles. The predicted molar refractivity (Wildman–Crippen MR) is 95.9 cm³/mol. The van der Waals surface area contributed by atoms with Crippen molar-refractivity contribution >= 4 is 16.9 Å². The van der Waals surface area contributed by atoms with Crippen LogP contribution in [0.15, 0.2) is 27.4 Å². The zero-order chi connectivity index (χ0) is 18.9. The van der Waals surface area contributed by atoms with E-state index < -0.39 is 11.6 Å². The van der Waals surface area contributed by atoms with Crippen molar-refractivity contribution in [1.29, 1.82) is 0 Å². The minimum absolute atomic E-state index is 0.146. The monoisotopic (exact) mass is 364 g/mol. The quantitative estimate of drug-likeness (QED) is 0.392. The summed E-state index contributed by atoms with van der Waals surface area (Å²) < 4.78 is 20.9. The minimum Gasteiger partial charge on any atom is -0.503 e. The molecule has 0 aliphatic heterocycles. The zero-order valence-corrected chi connectivity index (χ0v) is 15.1. The highest BCUT2D eigenvalue weighted by Crippen LogP contribution is 2.37. The van der Waals surface area contributed by atoms with Crippen molar-refractivity contribution in [3.63, 3.8) is 0 Å². The summed E-state index contributed by atoms with van der Waals surface area (Å²) in [5.41, 5.74) is -0.611. The summed E-state index contributed by atoms with van der Waals surface area (Å²) in [4.78, 5) is 23.5. The maximum Gasteiger partial charge on any atom is 0.383 e. The van der Waals surface area contributed by atoms with E-state index in [1.54, 1.807) is 19.1 Å². The molecule has 0 unspecified atom stereocenters. The van der Waals surface area contributed by atoms with Crippen LogP contribution in [-0.2, 0) is 9.53 Å². The number of aromatic hydroxyl groups is 1. The van der Waals surface area contributed by atoms with Gasteiger partial charge in [-0.2, -0.15) is 0 Å². The van der Waals surface area contributed by atoms with Gasteiger partial charge in [0.05, 0.1) is 13.2 Å². The third-order valence-corrected chi connectivity index (χ3v) is 3.72. The van der Waals surface area contributed by atoms with E-state index in [-0.39, 0.29) is 41.4 Å². The average molecular weight is 364 g/mol. The molecule has 0 saturated carbocycles. The first-order chi connectivity index (χ1) is 12.6. The number of carbonyl (C=O) groups is 1. The van der Waals surface area contributed by atoms with E-state index in [1.807, 2.05) is 0 Å². The molecule has 0 fully saturated rings. The van der Waals surface area contributed by atoms with Crippen LogP contribution in [0.4, 0.5) is 0 Å². The lowest BCUT2D eigenvalue weighted by atomic mass is 10.2. The number of rotatable bonds is 10. The van der Waals surface area contributed by atoms with Crippen molar-refractivity contribution < 1.29 is 28.5 Å². The number of ether oxygens (including phenoxy) is 3. The van der Waals surface area contributed by atoms with E-state index in [0.717, 1.165) is 25.7 Å². The van der Waals surface area contributed by atoms with Gasteiger partial charge in [-0.3, -0.25) is 0 Å². The summed E-state index contributed by atoms with van der Waals surface area (Å²) in [7, 11) is 0. The number of unbranched alkanes of at least 4 members (excludes halogenated alkanes) is 3. The van der Waals surface area contributed by atoms with Crippen LogP contribution >= 0.6 is 0 Å². The molecule has 0 spiro atoms. The number of carbonyl (C=O) groups excluding carboxylic acids is 1. The van der Waals surface area contributed by atoms with Gasteiger partial charge in [0.2, 0.25) is 5.75 Å². The summed E-state index contributed by atoms with van der Waals surface area (Å²) in [5, 5.41) is 10.7. The Labute approximate surface area is 151 Å². The number of esters is 1. The smallest absolute Gasteiger partial charge is 0.383 e. The Morgan fingerprint density at radius 1 is 1.15 bits per heavy atom. The summed E-state index contributed by atoms with van der Waals surface area (Å²) in [6, 6.07) is 4.68. The van der Waals surface area contributed by atoms with Crippen molar-refractivity contribution in [3.8, 4) is 17.2 Å². The van der Waals surface area contributed by atoms with Crippen molar-refractivity contribution in [2.75, 3.05) is 19.8 Å². The number of hydrogen-bond acceptors (Lipinski definition) is 7. The number of hydrogen-bond donors (Lipinski definition) is 1. The molecule has 2 aromatic rings. The molecule has 0 saturated heterocycles. The van der Waals surface area contributed by atoms with Crippen molar-refractivity contribution in [1.82, 2.24) is 0 Å². The molecule has 142 valence electrons. The van der Waals surface area contributed by atoms with Crippen LogP contribution in [0.2, 0.25) is 0 Å². The molecule has 1 heterocycles. The lowest BCUT2D eigenvalue weighted by Gasteiger charge is -2.12. The Morgan fingerprint density at radius 2 is 1.96 bits per heavy atom. The van der Waals surface area contributed by atoms with E-state index in [4.69, 9.17) is 18.6 Å². The van der Waals surface area contributed by atoms with Crippen LogP contribution < -0.4 is 15.1 Å². The molecular weight excluding hydrogens is 340 g/mol. The van der Waals surface area contributed by atoms with Crippen molar-refractivity contribution in [2.24, 2.45) is 0 Å². The number of fused-ring (bicyclic) bond motifs is 1. The molecule has 0 radical (unpaired) electrons. The molecule has 0 atom stereocenters. The Hall–Kier alpha value is -2.70. The normalized spacial score (nSPS) is 10.7. The molecule has 1 N–H and O–H groups in total. The van der Waals surface area contributed by atoms with Gasteiger partial charge in [-0.05, 0) is 25.5 Å². The summed E-state index contributed by atoms with van der Waals surface area (Å²) >= 11 is 0. The van der Waals surface area contributed by atoms with E-state index >= 15 is 0 Å². The standard InChI is InChI=1S/C19H24O7/c1-3-5-6-7-11-24-18-17(21)16-13(25-12-15(20)23-4-2)9-8-10-14(16)26-19(18)22/h8-10,21H,3-7,11-12H2,1-2H3. The third kappa shape index (κ3) is 4.91. The second-order valence-corrected chi connectivity index (χ2v) is 5.70. The van der Waals surface area contributed by atoms with Gasteiger partial charge in [0.15, 0.2) is 12.4 Å². The van der Waals surface area contributed by atoms with Gasteiger partial charge in [-0.25, -0.2) is 9.59 Å². The highest BCUT2D eigenvalue weighted by molar-refractivity contribution is 5.91. The lowest BCUT2D eigenvalue weighted by molar-refractivity contribution is -0.145. The molecule has 2 rings (SSSR count). The maximum atomic E-state index is 12.1. The van der Waals surface area contributed by atoms with Crippen LogP contribution in [0, 0.1) is 0 Å². The SMILES string of the molecule is CCCCCCOc1c(O)c2c(OCC(=O)OCC)cccc2oc1=O. The fourth-order valence-electron chi connectivity index (χ4n) is 2.48. The fraction of sp³-hybridized carbons (Fsp3) is 0.474. The topological polar surface area (TPSA) is 95.2 Å². The van der Waals surface area contributed by atoms with Crippen LogP contribution in [0.25, 0.3) is 11.0 Å². The highest BCUT2D eigenvalue weighted by Gasteiger charge is 2.19. The molecular formula is C19H24O7. The first-order valence-corrected chi connectivity index (χ1v) is 8.78. The second-order valence-electron chi connectivity index (χ2n) is 5.70. The van der Waals surface area contributed by atoms with Gasteiger partial charge < -0.3 is 23.7 Å². The Balaban J connectivity index is 2.24. The molecule has 0 aliphatic rings. The summed E-state index contributed by atoms with van der Waals surface area (Å²) in [6.07, 6.45) is 3.91. The molecule has 0 bridgehead atoms. The van der Waals surface area contributed by atoms with E-state index in [1.165, 1.54) is 6.07 Å². The summed E-state index contributed by atoms with van der Waals surface area (Å²) in [6.45, 7) is 4.02. The molecule has 7 heteroatoms. The summed E-state index contributed by atoms with van der Waals surface area (Å²) in [5.74, 6) is -0.936. The Kier molecular flexibility index (Phi) is 7.32. The first-order valence-electron chi connectivity index (χ1n) is 8.78. The lowest BCUT2D eigenvalue weighted by Crippen LogP contribution is -2.15. The fourth-order valence-corrected chi connectivity index (χ4v) is 2.48. The van der Waals surface area contributed by atoms with Gasteiger partial charge in [-0.15, -0.1) is 0 Å². The van der Waals surface area contributed by atoms with Gasteiger partial charge >= 0.3 is 11.6 Å². The average Bonchev–Trinajstić information content (AvgIpc) is 2.62. The molecule has 0 aliphatic carbocycles. The van der Waals surface area contributed by atoms with Crippen LogP contribution in [0.1, 0.15) is 39.5 Å². The van der Waals surface area contributed by atoms with Crippen LogP contribution in [-0.4, -0.2) is 30.9 Å². The third-order valence-electron chi connectivity index (χ3n) is 3.72. The maximum absolute atomic E-state index is 12.1. The van der Waals surface area contributed by atoms with Crippen molar-refractivity contribution in [2.45, 2.75) is 39.5 Å². The highest BCUT2D eigenvalue weighted by atomic mass is 16.6. The largest absolute Gasteiger partial charge is 0.503 e. The minimum atomic E-state index is -0.756. The Bertz CT molecular complexity index is 794. The second kappa shape index (κ2) is 9.70. The van der Waals surface area contributed by atoms with Crippen LogP contribution in [0.5, 0.6) is 17.2 Å². The van der Waals surface area contributed by atoms with Crippen LogP contribution in [0.3, 0.4) is 0 Å².